The summed E-state index contributed by atoms with van der Waals surface area (Å²) in [6.07, 6.45) is 17.0. The van der Waals surface area contributed by atoms with Crippen LogP contribution < -0.4 is 10.8 Å². The number of fused-ring (bicyclic) bond motifs is 1. The third-order valence-corrected chi connectivity index (χ3v) is 7.16. The molecule has 2 N–H and O–H groups in total. The fraction of sp³-hybridized carbons (Fsp3) is 0.667. The average Bonchev–Trinajstić information content (AvgIpc) is 3.41. The van der Waals surface area contributed by atoms with Crippen LogP contribution in [0.1, 0.15) is 77.2 Å². The normalized spacial score (nSPS) is 26.9. The Morgan fingerprint density at radius 3 is 2.71 bits per heavy atom. The van der Waals surface area contributed by atoms with Gasteiger partial charge in [0.25, 0.3) is 0 Å². The lowest BCUT2D eigenvalue weighted by Crippen LogP contribution is -2.37. The molecule has 3 aliphatic rings. The summed E-state index contributed by atoms with van der Waals surface area (Å²) in [5.74, 6) is 0. The van der Waals surface area contributed by atoms with E-state index in [2.05, 4.69) is 35.8 Å². The Balaban J connectivity index is 1.47. The Bertz CT molecular complexity index is 939. The maximum Gasteiger partial charge on any atom is 0.159 e. The van der Waals surface area contributed by atoms with Gasteiger partial charge in [0.05, 0.1) is 29.1 Å². The van der Waals surface area contributed by atoms with E-state index in [9.17, 15) is 0 Å². The lowest BCUT2D eigenvalue weighted by Gasteiger charge is -2.33. The summed E-state index contributed by atoms with van der Waals surface area (Å²) in [7, 11) is 0. The number of rotatable bonds is 6. The Labute approximate surface area is 184 Å². The smallest absolute Gasteiger partial charge is 0.159 e. The summed E-state index contributed by atoms with van der Waals surface area (Å²) in [5.41, 5.74) is 7.19. The monoisotopic (exact) mass is 425 g/mol. The van der Waals surface area contributed by atoms with Gasteiger partial charge in [-0.3, -0.25) is 10.3 Å². The molecule has 0 saturated heterocycles. The molecule has 31 heavy (non-hydrogen) atoms. The van der Waals surface area contributed by atoms with Crippen LogP contribution in [0.5, 0.6) is 0 Å². The third-order valence-electron chi connectivity index (χ3n) is 7.16. The summed E-state index contributed by atoms with van der Waals surface area (Å²) in [6.45, 7) is 5.77. The quantitative estimate of drug-likeness (QED) is 0.693. The number of hydrogen-bond donors (Lipinski definition) is 2. The highest BCUT2D eigenvalue weighted by molar-refractivity contribution is 5.95. The molecular formula is C24H35N5O2. The number of ether oxygens (including phenoxy) is 1. The average molecular weight is 426 g/mol. The van der Waals surface area contributed by atoms with Crippen molar-refractivity contribution >= 4 is 22.4 Å². The molecular weight excluding hydrogens is 390 g/mol. The molecule has 2 aromatic rings. The highest BCUT2D eigenvalue weighted by Crippen LogP contribution is 2.41. The van der Waals surface area contributed by atoms with Gasteiger partial charge in [0.2, 0.25) is 0 Å². The first-order valence-electron chi connectivity index (χ1n) is 12.1. The van der Waals surface area contributed by atoms with Crippen LogP contribution in [0.15, 0.2) is 18.5 Å². The second-order valence-corrected chi connectivity index (χ2v) is 9.21. The molecule has 7 heteroatoms. The number of hydrogen-bond acceptors (Lipinski definition) is 6. The second-order valence-electron chi connectivity index (χ2n) is 9.21. The fourth-order valence-electron chi connectivity index (χ4n) is 5.41. The third kappa shape index (κ3) is 4.05. The van der Waals surface area contributed by atoms with E-state index in [4.69, 9.17) is 14.6 Å². The van der Waals surface area contributed by atoms with Crippen LogP contribution in [0.4, 0.5) is 5.69 Å². The van der Waals surface area contributed by atoms with E-state index in [0.29, 0.717) is 12.1 Å². The number of aryl methyl sites for hydroxylation is 1. The Morgan fingerprint density at radius 1 is 1.16 bits per heavy atom. The van der Waals surface area contributed by atoms with Gasteiger partial charge in [0, 0.05) is 31.0 Å². The van der Waals surface area contributed by atoms with Crippen molar-refractivity contribution in [1.29, 1.82) is 0 Å². The number of hydroxylamine groups is 1. The minimum Gasteiger partial charge on any atom is -0.381 e. The molecule has 2 saturated carbocycles. The van der Waals surface area contributed by atoms with Crippen molar-refractivity contribution in [2.75, 3.05) is 11.9 Å². The van der Waals surface area contributed by atoms with E-state index in [1.54, 1.807) is 0 Å². The number of aromatic nitrogens is 3. The maximum atomic E-state index is 6.18. The van der Waals surface area contributed by atoms with Crippen LogP contribution in [0.2, 0.25) is 0 Å². The number of pyridine rings is 1. The van der Waals surface area contributed by atoms with E-state index in [1.165, 1.54) is 32.1 Å². The SMILES string of the molecule is CCOC1CCC2(C=C(c3cnc4c(cnn4CC)c3NC3CCCCC3)NO2)CC1. The molecule has 1 spiro atoms. The number of anilines is 1. The van der Waals surface area contributed by atoms with Crippen LogP contribution in [-0.2, 0) is 16.1 Å². The first-order valence-corrected chi connectivity index (χ1v) is 12.1. The molecule has 5 rings (SSSR count). The minimum absolute atomic E-state index is 0.242. The van der Waals surface area contributed by atoms with Crippen molar-refractivity contribution in [2.45, 2.75) is 95.9 Å². The van der Waals surface area contributed by atoms with Crippen molar-refractivity contribution in [3.8, 4) is 0 Å². The summed E-state index contributed by atoms with van der Waals surface area (Å²) in [6, 6.07) is 0.501. The Kier molecular flexibility index (Phi) is 5.89. The van der Waals surface area contributed by atoms with Crippen LogP contribution in [0.25, 0.3) is 16.7 Å². The van der Waals surface area contributed by atoms with Gasteiger partial charge in [-0.2, -0.15) is 5.10 Å². The molecule has 0 aromatic carbocycles. The zero-order valence-electron chi connectivity index (χ0n) is 18.8. The molecule has 0 atom stereocenters. The molecule has 7 nitrogen and oxygen atoms in total. The summed E-state index contributed by atoms with van der Waals surface area (Å²) >= 11 is 0. The first-order chi connectivity index (χ1) is 15.2. The van der Waals surface area contributed by atoms with Crippen LogP contribution in [0, 0.1) is 0 Å². The van der Waals surface area contributed by atoms with E-state index in [0.717, 1.165) is 66.8 Å². The summed E-state index contributed by atoms with van der Waals surface area (Å²) in [4.78, 5) is 11.0. The van der Waals surface area contributed by atoms with Gasteiger partial charge in [0.1, 0.15) is 5.60 Å². The molecule has 2 fully saturated rings. The molecule has 2 aliphatic carbocycles. The van der Waals surface area contributed by atoms with E-state index in [-0.39, 0.29) is 5.60 Å². The van der Waals surface area contributed by atoms with Crippen LogP contribution in [0.3, 0.4) is 0 Å². The molecule has 0 bridgehead atoms. The van der Waals surface area contributed by atoms with Crippen LogP contribution >= 0.6 is 0 Å². The molecule has 1 aliphatic heterocycles. The minimum atomic E-state index is -0.242. The van der Waals surface area contributed by atoms with Crippen molar-refractivity contribution in [1.82, 2.24) is 20.2 Å². The van der Waals surface area contributed by atoms with Gasteiger partial charge in [0.15, 0.2) is 5.65 Å². The Hall–Kier alpha value is -2.12. The molecule has 0 radical (unpaired) electrons. The Morgan fingerprint density at radius 2 is 1.97 bits per heavy atom. The number of nitrogens with zero attached hydrogens (tertiary/aromatic N) is 3. The molecule has 2 aromatic heterocycles. The first kappa shape index (κ1) is 20.8. The summed E-state index contributed by atoms with van der Waals surface area (Å²) < 4.78 is 7.80. The standard InChI is InChI=1S/C24H35N5O2/c1-3-29-23-20(16-26-29)22(27-17-8-6-5-7-9-17)19(15-25-23)21-14-24(31-28-21)12-10-18(11-13-24)30-4-2/h14-18,28H,3-13H2,1-2H3,(H,25,27). The highest BCUT2D eigenvalue weighted by atomic mass is 16.7. The summed E-state index contributed by atoms with van der Waals surface area (Å²) in [5, 5.41) is 9.54. The van der Waals surface area contributed by atoms with E-state index < -0.39 is 0 Å². The lowest BCUT2D eigenvalue weighted by atomic mass is 9.82. The molecule has 0 unspecified atom stereocenters. The van der Waals surface area contributed by atoms with Gasteiger partial charge in [-0.05, 0) is 58.4 Å². The lowest BCUT2D eigenvalue weighted by molar-refractivity contribution is -0.0849. The van der Waals surface area contributed by atoms with Gasteiger partial charge >= 0.3 is 0 Å². The van der Waals surface area contributed by atoms with Crippen molar-refractivity contribution in [3.63, 3.8) is 0 Å². The van der Waals surface area contributed by atoms with Gasteiger partial charge in [-0.15, -0.1) is 0 Å². The second kappa shape index (κ2) is 8.79. The van der Waals surface area contributed by atoms with E-state index >= 15 is 0 Å². The topological polar surface area (TPSA) is 73.2 Å². The van der Waals surface area contributed by atoms with Gasteiger partial charge in [-0.1, -0.05) is 19.3 Å². The predicted octanol–water partition coefficient (Wildman–Crippen LogP) is 4.79. The van der Waals surface area contributed by atoms with Crippen molar-refractivity contribution < 1.29 is 9.57 Å². The molecule has 3 heterocycles. The van der Waals surface area contributed by atoms with Gasteiger partial charge < -0.3 is 10.1 Å². The predicted molar refractivity (Wildman–Crippen MR) is 123 cm³/mol. The van der Waals surface area contributed by atoms with Crippen molar-refractivity contribution in [3.05, 3.63) is 24.0 Å². The molecule has 0 amide bonds. The molecule has 168 valence electrons. The maximum absolute atomic E-state index is 6.18. The zero-order chi connectivity index (χ0) is 21.3. The fourth-order valence-corrected chi connectivity index (χ4v) is 5.41. The van der Waals surface area contributed by atoms with Crippen LogP contribution in [-0.4, -0.2) is 39.1 Å². The zero-order valence-corrected chi connectivity index (χ0v) is 18.8. The highest BCUT2D eigenvalue weighted by Gasteiger charge is 2.40. The van der Waals surface area contributed by atoms with E-state index in [1.807, 2.05) is 17.1 Å². The van der Waals surface area contributed by atoms with Gasteiger partial charge in [-0.25, -0.2) is 9.67 Å². The largest absolute Gasteiger partial charge is 0.381 e. The van der Waals surface area contributed by atoms with Crippen molar-refractivity contribution in [2.24, 2.45) is 0 Å². The number of nitrogens with one attached hydrogen (secondary N) is 2.